The van der Waals surface area contributed by atoms with Gasteiger partial charge in [0.1, 0.15) is 0 Å². The molecule has 5 aliphatic rings. The highest BCUT2D eigenvalue weighted by Crippen LogP contribution is 2.65. The van der Waals surface area contributed by atoms with Gasteiger partial charge in [-0.2, -0.15) is 0 Å². The molecule has 2 aliphatic heterocycles. The van der Waals surface area contributed by atoms with Crippen molar-refractivity contribution in [3.63, 3.8) is 0 Å². The first kappa shape index (κ1) is 25.6. The number of hydrogen-bond donors (Lipinski definition) is 1. The van der Waals surface area contributed by atoms with Crippen LogP contribution in [0.5, 0.6) is 0 Å². The summed E-state index contributed by atoms with van der Waals surface area (Å²) in [7, 11) is -0.458. The lowest BCUT2D eigenvalue weighted by atomic mass is 9.43. The molecule has 4 fully saturated rings. The van der Waals surface area contributed by atoms with Crippen LogP contribution < -0.4 is 5.32 Å². The third-order valence-corrected chi connectivity index (χ3v) is 9.49. The SMILES string of the molecule is CC(C)C[C@H](NC(=O)C1CC(c2cncc(-c3ccccc3)c2)=NO1)B1O[C@@H]2C[C@@H]3C[C@@H](C3(C)C)[C@]2(C)O1. The van der Waals surface area contributed by atoms with Crippen LogP contribution in [0.4, 0.5) is 0 Å². The molecule has 3 saturated carbocycles. The van der Waals surface area contributed by atoms with E-state index in [1.165, 1.54) is 6.42 Å². The Morgan fingerprint density at radius 1 is 1.11 bits per heavy atom. The van der Waals surface area contributed by atoms with Crippen LogP contribution in [0, 0.1) is 23.2 Å². The molecule has 3 aliphatic carbocycles. The Kier molecular flexibility index (Phi) is 6.38. The molecule has 1 aromatic carbocycles. The number of rotatable bonds is 7. The molecule has 0 radical (unpaired) electrons. The predicted molar refractivity (Wildman–Crippen MR) is 147 cm³/mol. The number of hydrogen-bond acceptors (Lipinski definition) is 6. The Labute approximate surface area is 225 Å². The van der Waals surface area contributed by atoms with E-state index >= 15 is 0 Å². The normalized spacial score (nSPS) is 31.7. The molecule has 6 atom stereocenters. The van der Waals surface area contributed by atoms with Crippen LogP contribution in [0.1, 0.15) is 65.9 Å². The van der Waals surface area contributed by atoms with Gasteiger partial charge in [-0.05, 0) is 61.0 Å². The third kappa shape index (κ3) is 4.36. The van der Waals surface area contributed by atoms with Gasteiger partial charge in [0.15, 0.2) is 0 Å². The maximum absolute atomic E-state index is 13.4. The maximum atomic E-state index is 13.4. The summed E-state index contributed by atoms with van der Waals surface area (Å²) in [6, 6.07) is 12.1. The van der Waals surface area contributed by atoms with Gasteiger partial charge in [0.05, 0.1) is 23.4 Å². The first-order valence-electron chi connectivity index (χ1n) is 14.0. The summed E-state index contributed by atoms with van der Waals surface area (Å²) < 4.78 is 13.2. The fourth-order valence-electron chi connectivity index (χ4n) is 7.17. The van der Waals surface area contributed by atoms with Gasteiger partial charge in [-0.25, -0.2) is 0 Å². The molecule has 2 bridgehead atoms. The van der Waals surface area contributed by atoms with Crippen LogP contribution in [-0.2, 0) is 18.9 Å². The number of amides is 1. The van der Waals surface area contributed by atoms with Crippen molar-refractivity contribution < 1.29 is 18.9 Å². The van der Waals surface area contributed by atoms with Crippen molar-refractivity contribution in [3.05, 3.63) is 54.4 Å². The lowest BCUT2D eigenvalue weighted by molar-refractivity contribution is -0.199. The first-order valence-corrected chi connectivity index (χ1v) is 14.0. The van der Waals surface area contributed by atoms with Gasteiger partial charge in [-0.3, -0.25) is 9.78 Å². The number of benzene rings is 1. The molecule has 2 aromatic rings. The highest BCUT2D eigenvalue weighted by Gasteiger charge is 2.68. The number of aromatic nitrogens is 1. The second-order valence-electron chi connectivity index (χ2n) is 12.7. The van der Waals surface area contributed by atoms with E-state index < -0.39 is 13.2 Å². The lowest BCUT2D eigenvalue weighted by Gasteiger charge is -2.64. The van der Waals surface area contributed by atoms with Gasteiger partial charge in [-0.1, -0.05) is 63.2 Å². The number of nitrogens with zero attached hydrogens (tertiary/aromatic N) is 2. The Morgan fingerprint density at radius 3 is 2.61 bits per heavy atom. The molecule has 7 nitrogen and oxygen atoms in total. The topological polar surface area (TPSA) is 82.0 Å². The van der Waals surface area contributed by atoms with Crippen LogP contribution in [0.3, 0.4) is 0 Å². The summed E-state index contributed by atoms with van der Waals surface area (Å²) in [5.41, 5.74) is 3.64. The zero-order valence-electron chi connectivity index (χ0n) is 23.0. The van der Waals surface area contributed by atoms with Crippen molar-refractivity contribution in [3.8, 4) is 11.1 Å². The quantitative estimate of drug-likeness (QED) is 0.523. The number of nitrogens with one attached hydrogen (secondary N) is 1. The van der Waals surface area contributed by atoms with Crippen molar-refractivity contribution in [2.45, 2.75) is 84.1 Å². The van der Waals surface area contributed by atoms with E-state index in [0.29, 0.717) is 24.2 Å². The molecule has 3 heterocycles. The molecule has 38 heavy (non-hydrogen) atoms. The number of carbonyl (C=O) groups is 1. The number of carbonyl (C=O) groups excluding carboxylic acids is 1. The van der Waals surface area contributed by atoms with E-state index in [2.05, 4.69) is 50.1 Å². The Morgan fingerprint density at radius 2 is 1.87 bits per heavy atom. The van der Waals surface area contributed by atoms with E-state index in [4.69, 9.17) is 14.1 Å². The molecule has 1 saturated heterocycles. The monoisotopic (exact) mass is 515 g/mol. The van der Waals surface area contributed by atoms with Crippen molar-refractivity contribution in [2.75, 3.05) is 0 Å². The average molecular weight is 515 g/mol. The standard InChI is InChI=1S/C30H38BN3O4/c1-18(2)11-27(31-36-26-14-22-13-25(29(22,3)4)30(26,5)38-31)33-28(35)24-15-23(34-37-24)21-12-20(16-32-17-21)19-9-7-6-8-10-19/h6-10,12,16-18,22,24-27H,11,13-15H2,1-5H3,(H,33,35)/t22-,24?,25-,26+,27-,30-/m0/s1. The van der Waals surface area contributed by atoms with E-state index in [1.807, 2.05) is 42.6 Å². The summed E-state index contributed by atoms with van der Waals surface area (Å²) >= 11 is 0. The van der Waals surface area contributed by atoms with Crippen molar-refractivity contribution in [2.24, 2.45) is 28.3 Å². The van der Waals surface area contributed by atoms with Crippen molar-refractivity contribution in [1.29, 1.82) is 0 Å². The molecule has 7 rings (SSSR count). The second kappa shape index (κ2) is 9.49. The van der Waals surface area contributed by atoms with Gasteiger partial charge in [-0.15, -0.1) is 0 Å². The molecular weight excluding hydrogens is 477 g/mol. The zero-order valence-corrected chi connectivity index (χ0v) is 23.0. The summed E-state index contributed by atoms with van der Waals surface area (Å²) in [6.07, 6.45) is 6.38. The summed E-state index contributed by atoms with van der Waals surface area (Å²) in [5, 5.41) is 7.48. The zero-order chi connectivity index (χ0) is 26.7. The van der Waals surface area contributed by atoms with Gasteiger partial charge in [0.25, 0.3) is 5.91 Å². The number of pyridine rings is 1. The fourth-order valence-corrected chi connectivity index (χ4v) is 7.17. The van der Waals surface area contributed by atoms with Crippen LogP contribution in [0.25, 0.3) is 11.1 Å². The summed E-state index contributed by atoms with van der Waals surface area (Å²) in [6.45, 7) is 11.2. The molecular formula is C30H38BN3O4. The lowest BCUT2D eigenvalue weighted by Crippen LogP contribution is -2.65. The van der Waals surface area contributed by atoms with Crippen LogP contribution in [-0.4, -0.2) is 47.5 Å². The van der Waals surface area contributed by atoms with E-state index in [9.17, 15) is 4.79 Å². The van der Waals surface area contributed by atoms with Crippen LogP contribution >= 0.6 is 0 Å². The summed E-state index contributed by atoms with van der Waals surface area (Å²) in [4.78, 5) is 23.4. The minimum absolute atomic E-state index is 0.0814. The Bertz CT molecular complexity index is 1240. The predicted octanol–water partition coefficient (Wildman–Crippen LogP) is 5.04. The maximum Gasteiger partial charge on any atom is 0.481 e. The number of oxime groups is 1. The molecule has 1 amide bonds. The fraction of sp³-hybridized carbons (Fsp3) is 0.567. The Balaban J connectivity index is 1.12. The molecule has 200 valence electrons. The van der Waals surface area contributed by atoms with Gasteiger partial charge < -0.3 is 19.5 Å². The second-order valence-corrected chi connectivity index (χ2v) is 12.7. The van der Waals surface area contributed by atoms with E-state index in [-0.39, 0.29) is 29.0 Å². The smallest absolute Gasteiger partial charge is 0.404 e. The van der Waals surface area contributed by atoms with Gasteiger partial charge in [0.2, 0.25) is 6.10 Å². The highest BCUT2D eigenvalue weighted by molar-refractivity contribution is 6.48. The Hall–Kier alpha value is -2.71. The van der Waals surface area contributed by atoms with E-state index in [0.717, 1.165) is 35.2 Å². The molecule has 1 aromatic heterocycles. The average Bonchev–Trinajstić information content (AvgIpc) is 3.53. The minimum Gasteiger partial charge on any atom is -0.404 e. The molecule has 0 spiro atoms. The summed E-state index contributed by atoms with van der Waals surface area (Å²) in [5.74, 6) is 1.10. The van der Waals surface area contributed by atoms with Crippen LogP contribution in [0.2, 0.25) is 0 Å². The first-order chi connectivity index (χ1) is 18.1. The van der Waals surface area contributed by atoms with Crippen LogP contribution in [0.15, 0.2) is 53.9 Å². The largest absolute Gasteiger partial charge is 0.481 e. The molecule has 1 N–H and O–H groups in total. The third-order valence-electron chi connectivity index (χ3n) is 9.49. The van der Waals surface area contributed by atoms with Gasteiger partial charge in [0, 0.05) is 29.9 Å². The van der Waals surface area contributed by atoms with Crippen molar-refractivity contribution in [1.82, 2.24) is 10.3 Å². The highest BCUT2D eigenvalue weighted by atomic mass is 16.7. The van der Waals surface area contributed by atoms with E-state index in [1.54, 1.807) is 6.20 Å². The van der Waals surface area contributed by atoms with Gasteiger partial charge >= 0.3 is 7.12 Å². The minimum atomic E-state index is -0.689. The molecule has 8 heteroatoms. The molecule has 1 unspecified atom stereocenters. The van der Waals surface area contributed by atoms with Crippen molar-refractivity contribution >= 4 is 18.7 Å².